The van der Waals surface area contributed by atoms with Crippen LogP contribution in [0.3, 0.4) is 0 Å². The SMILES string of the molecule is CCCCCCCOc1ncnc(Cl)c1OC. The molecule has 0 aliphatic heterocycles. The molecule has 0 aromatic carbocycles. The lowest BCUT2D eigenvalue weighted by molar-refractivity contribution is 0.272. The quantitative estimate of drug-likeness (QED) is 0.529. The molecule has 0 spiro atoms. The maximum absolute atomic E-state index is 5.85. The van der Waals surface area contributed by atoms with E-state index in [-0.39, 0.29) is 5.15 Å². The van der Waals surface area contributed by atoms with Crippen LogP contribution in [0.2, 0.25) is 5.15 Å². The second kappa shape index (κ2) is 8.12. The summed E-state index contributed by atoms with van der Waals surface area (Å²) in [5, 5.41) is 0.281. The highest BCUT2D eigenvalue weighted by molar-refractivity contribution is 6.31. The number of halogens is 1. The number of rotatable bonds is 8. The van der Waals surface area contributed by atoms with E-state index in [1.54, 1.807) is 0 Å². The summed E-state index contributed by atoms with van der Waals surface area (Å²) in [6.45, 7) is 2.83. The molecule has 0 amide bonds. The first kappa shape index (κ1) is 14.0. The van der Waals surface area contributed by atoms with Gasteiger partial charge in [0.2, 0.25) is 5.75 Å². The highest BCUT2D eigenvalue weighted by Crippen LogP contribution is 2.30. The molecule has 1 rings (SSSR count). The van der Waals surface area contributed by atoms with Crippen molar-refractivity contribution >= 4 is 11.6 Å². The number of nitrogens with zero attached hydrogens (tertiary/aromatic N) is 2. The fraction of sp³-hybridized carbons (Fsp3) is 0.667. The Kier molecular flexibility index (Phi) is 6.70. The van der Waals surface area contributed by atoms with Gasteiger partial charge in [-0.1, -0.05) is 44.2 Å². The van der Waals surface area contributed by atoms with E-state index in [9.17, 15) is 0 Å². The minimum absolute atomic E-state index is 0.281. The van der Waals surface area contributed by atoms with E-state index in [2.05, 4.69) is 16.9 Å². The summed E-state index contributed by atoms with van der Waals surface area (Å²) in [6.07, 6.45) is 7.34. The van der Waals surface area contributed by atoms with E-state index in [1.807, 2.05) is 0 Å². The fourth-order valence-electron chi connectivity index (χ4n) is 1.49. The number of ether oxygens (including phenoxy) is 2. The molecule has 0 radical (unpaired) electrons. The average Bonchev–Trinajstić information content (AvgIpc) is 2.34. The van der Waals surface area contributed by atoms with Crippen molar-refractivity contribution in [2.75, 3.05) is 13.7 Å². The molecule has 1 heterocycles. The lowest BCUT2D eigenvalue weighted by Crippen LogP contribution is -2.02. The molecule has 0 bridgehead atoms. The summed E-state index contributed by atoms with van der Waals surface area (Å²) in [7, 11) is 1.53. The van der Waals surface area contributed by atoms with Crippen molar-refractivity contribution < 1.29 is 9.47 Å². The molecule has 0 atom stereocenters. The van der Waals surface area contributed by atoms with Crippen LogP contribution in [0.5, 0.6) is 11.6 Å². The Bertz CT molecular complexity index is 334. The molecule has 96 valence electrons. The van der Waals surface area contributed by atoms with Gasteiger partial charge < -0.3 is 9.47 Å². The third-order valence-electron chi connectivity index (χ3n) is 2.42. The third kappa shape index (κ3) is 4.77. The zero-order valence-electron chi connectivity index (χ0n) is 10.4. The van der Waals surface area contributed by atoms with E-state index in [4.69, 9.17) is 21.1 Å². The first-order valence-corrected chi connectivity index (χ1v) is 6.34. The highest BCUT2D eigenvalue weighted by Gasteiger charge is 2.10. The van der Waals surface area contributed by atoms with Crippen LogP contribution in [0, 0.1) is 0 Å². The number of unbranched alkanes of at least 4 members (excludes halogenated alkanes) is 4. The van der Waals surface area contributed by atoms with Crippen molar-refractivity contribution in [3.63, 3.8) is 0 Å². The van der Waals surface area contributed by atoms with Gasteiger partial charge in [0.15, 0.2) is 5.15 Å². The molecule has 0 aliphatic carbocycles. The van der Waals surface area contributed by atoms with Crippen LogP contribution in [0.4, 0.5) is 0 Å². The van der Waals surface area contributed by atoms with Crippen LogP contribution in [0.15, 0.2) is 6.33 Å². The topological polar surface area (TPSA) is 44.2 Å². The Balaban J connectivity index is 2.33. The largest absolute Gasteiger partial charge is 0.489 e. The number of hydrogen-bond acceptors (Lipinski definition) is 4. The van der Waals surface area contributed by atoms with Crippen molar-refractivity contribution in [2.45, 2.75) is 39.0 Å². The van der Waals surface area contributed by atoms with Gasteiger partial charge in [-0.25, -0.2) is 4.98 Å². The van der Waals surface area contributed by atoms with E-state index in [1.165, 1.54) is 39.1 Å². The first-order valence-electron chi connectivity index (χ1n) is 5.96. The van der Waals surface area contributed by atoms with Gasteiger partial charge in [-0.05, 0) is 6.42 Å². The van der Waals surface area contributed by atoms with Crippen molar-refractivity contribution in [2.24, 2.45) is 0 Å². The van der Waals surface area contributed by atoms with Gasteiger partial charge in [0.1, 0.15) is 6.33 Å². The minimum atomic E-state index is 0.281. The summed E-state index contributed by atoms with van der Waals surface area (Å²) in [4.78, 5) is 7.83. The fourth-order valence-corrected chi connectivity index (χ4v) is 1.69. The molecule has 0 saturated carbocycles. The van der Waals surface area contributed by atoms with Gasteiger partial charge in [0.05, 0.1) is 13.7 Å². The van der Waals surface area contributed by atoms with Gasteiger partial charge in [-0.2, -0.15) is 4.98 Å². The summed E-state index contributed by atoms with van der Waals surface area (Å²) in [5.41, 5.74) is 0. The van der Waals surface area contributed by atoms with Crippen LogP contribution in [0.1, 0.15) is 39.0 Å². The molecular weight excluding hydrogens is 240 g/mol. The molecule has 17 heavy (non-hydrogen) atoms. The molecule has 1 aromatic rings. The normalized spacial score (nSPS) is 10.3. The van der Waals surface area contributed by atoms with Crippen LogP contribution < -0.4 is 9.47 Å². The Hall–Kier alpha value is -1.03. The molecular formula is C12H19ClN2O2. The lowest BCUT2D eigenvalue weighted by Gasteiger charge is -2.09. The van der Waals surface area contributed by atoms with Gasteiger partial charge in [0, 0.05) is 0 Å². The summed E-state index contributed by atoms with van der Waals surface area (Å²) in [5.74, 6) is 0.825. The van der Waals surface area contributed by atoms with Crippen LogP contribution in [-0.4, -0.2) is 23.7 Å². The molecule has 0 N–H and O–H groups in total. The van der Waals surface area contributed by atoms with Crippen LogP contribution in [-0.2, 0) is 0 Å². The highest BCUT2D eigenvalue weighted by atomic mass is 35.5. The molecule has 5 heteroatoms. The van der Waals surface area contributed by atoms with Crippen molar-refractivity contribution in [1.29, 1.82) is 0 Å². The van der Waals surface area contributed by atoms with E-state index < -0.39 is 0 Å². The molecule has 4 nitrogen and oxygen atoms in total. The van der Waals surface area contributed by atoms with Crippen LogP contribution in [0.25, 0.3) is 0 Å². The van der Waals surface area contributed by atoms with Gasteiger partial charge in [-0.15, -0.1) is 0 Å². The second-order valence-electron chi connectivity index (χ2n) is 3.77. The standard InChI is InChI=1S/C12H19ClN2O2/c1-3-4-5-6-7-8-17-12-10(16-2)11(13)14-9-15-12/h9H,3-8H2,1-2H3. The minimum Gasteiger partial charge on any atom is -0.489 e. The Labute approximate surface area is 107 Å². The predicted octanol–water partition coefficient (Wildman–Crippen LogP) is 3.49. The van der Waals surface area contributed by atoms with E-state index >= 15 is 0 Å². The van der Waals surface area contributed by atoms with Crippen LogP contribution >= 0.6 is 11.6 Å². The summed E-state index contributed by atoms with van der Waals surface area (Å²) in [6, 6.07) is 0. The number of hydrogen-bond donors (Lipinski definition) is 0. The Morgan fingerprint density at radius 1 is 1.18 bits per heavy atom. The molecule has 0 fully saturated rings. The monoisotopic (exact) mass is 258 g/mol. The van der Waals surface area contributed by atoms with Crippen molar-refractivity contribution in [3.8, 4) is 11.6 Å². The number of methoxy groups -OCH3 is 1. The van der Waals surface area contributed by atoms with Gasteiger partial charge in [0.25, 0.3) is 5.88 Å². The Morgan fingerprint density at radius 2 is 1.94 bits per heavy atom. The zero-order valence-corrected chi connectivity index (χ0v) is 11.2. The lowest BCUT2D eigenvalue weighted by atomic mass is 10.2. The third-order valence-corrected chi connectivity index (χ3v) is 2.69. The predicted molar refractivity (Wildman–Crippen MR) is 67.8 cm³/mol. The first-order chi connectivity index (χ1) is 8.29. The zero-order chi connectivity index (χ0) is 12.5. The summed E-state index contributed by atoms with van der Waals surface area (Å²) >= 11 is 5.85. The smallest absolute Gasteiger partial charge is 0.261 e. The van der Waals surface area contributed by atoms with E-state index in [0.29, 0.717) is 18.2 Å². The summed E-state index contributed by atoms with van der Waals surface area (Å²) < 4.78 is 10.6. The van der Waals surface area contributed by atoms with Gasteiger partial charge >= 0.3 is 0 Å². The molecule has 0 unspecified atom stereocenters. The second-order valence-corrected chi connectivity index (χ2v) is 4.12. The maximum Gasteiger partial charge on any atom is 0.261 e. The van der Waals surface area contributed by atoms with Crippen molar-refractivity contribution in [1.82, 2.24) is 9.97 Å². The number of aromatic nitrogens is 2. The molecule has 1 aromatic heterocycles. The van der Waals surface area contributed by atoms with Gasteiger partial charge in [-0.3, -0.25) is 0 Å². The van der Waals surface area contributed by atoms with E-state index in [0.717, 1.165) is 6.42 Å². The maximum atomic E-state index is 5.85. The van der Waals surface area contributed by atoms with Crippen molar-refractivity contribution in [3.05, 3.63) is 11.5 Å². The molecule has 0 aliphatic rings. The Morgan fingerprint density at radius 3 is 2.65 bits per heavy atom. The average molecular weight is 259 g/mol. The molecule has 0 saturated heterocycles.